The van der Waals surface area contributed by atoms with Crippen molar-refractivity contribution in [1.82, 2.24) is 0 Å². The first-order valence-corrected chi connectivity index (χ1v) is 17.5. The standard InChI is InChI=1S/C42H35ClN2O7/c1-51-34-20-24(21-35(52-2)37(34)46)16-19-32-29-17-18-30-36(40(49)44(38(30)47)27-13-7-4-8-14-27)31(29)23-33-39(48)45(28-15-9-12-26(43)22-28)41(50)42(32,33)25-10-5-3-6-11-25/h3-17,19-22,30-33,36,46H,18,23H2,1-2H3/t30-,31+,32-,33-,36-,42-/m0/s1. The third-order valence-electron chi connectivity index (χ3n) is 11.2. The topological polar surface area (TPSA) is 113 Å². The highest BCUT2D eigenvalue weighted by atomic mass is 35.5. The van der Waals surface area contributed by atoms with Crippen molar-refractivity contribution in [2.75, 3.05) is 24.0 Å². The highest BCUT2D eigenvalue weighted by molar-refractivity contribution is 6.32. The number of anilines is 2. The summed E-state index contributed by atoms with van der Waals surface area (Å²) < 4.78 is 10.8. The lowest BCUT2D eigenvalue weighted by molar-refractivity contribution is -0.128. The van der Waals surface area contributed by atoms with Crippen molar-refractivity contribution in [3.63, 3.8) is 0 Å². The molecule has 6 atom stereocenters. The molecule has 0 spiro atoms. The van der Waals surface area contributed by atoms with Crippen LogP contribution in [0.3, 0.4) is 0 Å². The number of hydrogen-bond acceptors (Lipinski definition) is 7. The second kappa shape index (κ2) is 12.8. The smallest absolute Gasteiger partial charge is 0.246 e. The van der Waals surface area contributed by atoms with Crippen molar-refractivity contribution in [3.8, 4) is 17.2 Å². The first kappa shape index (κ1) is 33.5. The maximum Gasteiger partial charge on any atom is 0.246 e. The van der Waals surface area contributed by atoms with Gasteiger partial charge in [-0.2, -0.15) is 0 Å². The van der Waals surface area contributed by atoms with Gasteiger partial charge in [0.2, 0.25) is 29.4 Å². The van der Waals surface area contributed by atoms with Crippen LogP contribution in [0.2, 0.25) is 5.02 Å². The number of methoxy groups -OCH3 is 2. The molecule has 2 saturated heterocycles. The molecule has 52 heavy (non-hydrogen) atoms. The zero-order chi connectivity index (χ0) is 36.3. The molecule has 9 nitrogen and oxygen atoms in total. The van der Waals surface area contributed by atoms with Gasteiger partial charge in [0.15, 0.2) is 11.5 Å². The van der Waals surface area contributed by atoms with E-state index in [4.69, 9.17) is 21.1 Å². The number of benzene rings is 4. The fourth-order valence-corrected chi connectivity index (χ4v) is 9.22. The first-order valence-electron chi connectivity index (χ1n) is 17.2. The molecule has 0 bridgehead atoms. The van der Waals surface area contributed by atoms with Gasteiger partial charge in [-0.3, -0.25) is 24.1 Å². The molecule has 8 rings (SSSR count). The van der Waals surface area contributed by atoms with Gasteiger partial charge in [0.25, 0.3) is 0 Å². The summed E-state index contributed by atoms with van der Waals surface area (Å²) in [4.78, 5) is 61.0. The van der Waals surface area contributed by atoms with Crippen molar-refractivity contribution in [3.05, 3.63) is 131 Å². The highest BCUT2D eigenvalue weighted by Crippen LogP contribution is 2.62. The van der Waals surface area contributed by atoms with Gasteiger partial charge in [0, 0.05) is 10.9 Å². The van der Waals surface area contributed by atoms with E-state index in [0.717, 1.165) is 5.57 Å². The molecule has 0 aromatic heterocycles. The number of allylic oxidation sites excluding steroid dienone is 3. The van der Waals surface area contributed by atoms with E-state index in [-0.39, 0.29) is 41.4 Å². The van der Waals surface area contributed by atoms with E-state index in [1.807, 2.05) is 54.6 Å². The van der Waals surface area contributed by atoms with Crippen LogP contribution in [0.1, 0.15) is 24.0 Å². The number of carbonyl (C=O) groups excluding carboxylic acids is 4. The van der Waals surface area contributed by atoms with E-state index in [9.17, 15) is 19.5 Å². The predicted octanol–water partition coefficient (Wildman–Crippen LogP) is 6.98. The molecular formula is C42H35ClN2O7. The fourth-order valence-electron chi connectivity index (χ4n) is 9.04. The quantitative estimate of drug-likeness (QED) is 0.162. The normalized spacial score (nSPS) is 26.7. The SMILES string of the molecule is COc1cc(C=C[C@H]2C3=CC[C@@H]4C(=O)N(c5ccccc5)C(=O)[C@@H]4[C@@H]3C[C@H]3C(=O)N(c4cccc(Cl)c4)C(=O)[C@@]23c2ccccc2)cc(OC)c1O. The van der Waals surface area contributed by atoms with Crippen molar-refractivity contribution in [2.24, 2.45) is 29.6 Å². The van der Waals surface area contributed by atoms with Crippen molar-refractivity contribution in [1.29, 1.82) is 0 Å². The Kier molecular flexibility index (Phi) is 8.26. The zero-order valence-corrected chi connectivity index (χ0v) is 29.2. The van der Waals surface area contributed by atoms with Crippen molar-refractivity contribution in [2.45, 2.75) is 18.3 Å². The number of hydrogen-bond donors (Lipinski definition) is 1. The first-order chi connectivity index (χ1) is 25.2. The lowest BCUT2D eigenvalue weighted by atomic mass is 9.50. The van der Waals surface area contributed by atoms with Crippen LogP contribution in [0.15, 0.2) is 115 Å². The molecule has 0 radical (unpaired) electrons. The molecule has 2 aliphatic carbocycles. The average Bonchev–Trinajstić information content (AvgIpc) is 3.56. The van der Waals surface area contributed by atoms with E-state index < -0.39 is 40.9 Å². The molecule has 262 valence electrons. The second-order valence-corrected chi connectivity index (χ2v) is 14.1. The number of carbonyl (C=O) groups is 4. The van der Waals surface area contributed by atoms with Gasteiger partial charge >= 0.3 is 0 Å². The molecule has 3 fully saturated rings. The minimum atomic E-state index is -1.40. The van der Waals surface area contributed by atoms with Crippen LogP contribution in [0, 0.1) is 29.6 Å². The second-order valence-electron chi connectivity index (χ2n) is 13.6. The number of ether oxygens (including phenoxy) is 2. The summed E-state index contributed by atoms with van der Waals surface area (Å²) in [5.41, 5.74) is 1.59. The number of phenolic OH excluding ortho intramolecular Hbond substituents is 1. The Balaban J connectivity index is 1.33. The van der Waals surface area contributed by atoms with Crippen LogP contribution in [0.25, 0.3) is 6.08 Å². The molecule has 4 aliphatic rings. The van der Waals surface area contributed by atoms with Crippen LogP contribution in [-0.4, -0.2) is 43.0 Å². The number of halogens is 1. The van der Waals surface area contributed by atoms with Gasteiger partial charge in [-0.05, 0) is 72.4 Å². The monoisotopic (exact) mass is 714 g/mol. The maximum atomic E-state index is 15.3. The fraction of sp³-hybridized carbons (Fsp3) is 0.238. The van der Waals surface area contributed by atoms with E-state index in [2.05, 4.69) is 0 Å². The number of imide groups is 2. The largest absolute Gasteiger partial charge is 0.502 e. The summed E-state index contributed by atoms with van der Waals surface area (Å²) in [6.07, 6.45) is 6.25. The number of aromatic hydroxyl groups is 1. The van der Waals surface area contributed by atoms with E-state index in [1.165, 1.54) is 24.0 Å². The summed E-state index contributed by atoms with van der Waals surface area (Å²) in [5.74, 6) is -4.50. The molecular weight excluding hydrogens is 680 g/mol. The molecule has 1 saturated carbocycles. The van der Waals surface area contributed by atoms with Crippen LogP contribution < -0.4 is 19.3 Å². The predicted molar refractivity (Wildman–Crippen MR) is 196 cm³/mol. The van der Waals surface area contributed by atoms with E-state index >= 15 is 4.79 Å². The zero-order valence-electron chi connectivity index (χ0n) is 28.4. The Bertz CT molecular complexity index is 2160. The lowest BCUT2D eigenvalue weighted by Gasteiger charge is -2.49. The van der Waals surface area contributed by atoms with E-state index in [1.54, 1.807) is 60.7 Å². The summed E-state index contributed by atoms with van der Waals surface area (Å²) in [6, 6.07) is 28.2. The average molecular weight is 715 g/mol. The number of amides is 4. The van der Waals surface area contributed by atoms with Crippen molar-refractivity contribution >= 4 is 52.7 Å². The Morgan fingerprint density at radius 3 is 2.08 bits per heavy atom. The molecule has 10 heteroatoms. The Labute approximate surface area is 305 Å². The minimum Gasteiger partial charge on any atom is -0.502 e. The molecule has 0 unspecified atom stereocenters. The third kappa shape index (κ3) is 4.90. The Morgan fingerprint density at radius 1 is 0.769 bits per heavy atom. The van der Waals surface area contributed by atoms with Crippen LogP contribution in [0.5, 0.6) is 17.2 Å². The van der Waals surface area contributed by atoms with Crippen LogP contribution in [0.4, 0.5) is 11.4 Å². The summed E-state index contributed by atoms with van der Waals surface area (Å²) in [6.45, 7) is 0. The maximum absolute atomic E-state index is 15.3. The third-order valence-corrected chi connectivity index (χ3v) is 11.5. The van der Waals surface area contributed by atoms with Crippen molar-refractivity contribution < 1.29 is 33.8 Å². The lowest BCUT2D eigenvalue weighted by Crippen LogP contribution is -2.54. The molecule has 2 heterocycles. The summed E-state index contributed by atoms with van der Waals surface area (Å²) in [7, 11) is 2.88. The van der Waals surface area contributed by atoms with Crippen LogP contribution in [-0.2, 0) is 24.6 Å². The molecule has 2 aliphatic heterocycles. The van der Waals surface area contributed by atoms with Gasteiger partial charge in [0.05, 0.1) is 48.8 Å². The Hall–Kier alpha value is -5.67. The summed E-state index contributed by atoms with van der Waals surface area (Å²) in [5, 5.41) is 11.0. The molecule has 4 aromatic carbocycles. The van der Waals surface area contributed by atoms with E-state index in [0.29, 0.717) is 33.9 Å². The molecule has 4 aromatic rings. The number of nitrogens with zero attached hydrogens (tertiary/aromatic N) is 2. The van der Waals surface area contributed by atoms with Crippen LogP contribution >= 0.6 is 11.6 Å². The molecule has 4 amide bonds. The van der Waals surface area contributed by atoms with Gasteiger partial charge in [0.1, 0.15) is 0 Å². The number of para-hydroxylation sites is 1. The highest BCUT2D eigenvalue weighted by Gasteiger charge is 2.69. The summed E-state index contributed by atoms with van der Waals surface area (Å²) >= 11 is 6.40. The number of rotatable bonds is 7. The van der Waals surface area contributed by atoms with Gasteiger partial charge in [-0.25, -0.2) is 4.90 Å². The number of fused-ring (bicyclic) bond motifs is 4. The van der Waals surface area contributed by atoms with Gasteiger partial charge in [-0.1, -0.05) is 90.0 Å². The minimum absolute atomic E-state index is 0.150. The number of phenols is 1. The van der Waals surface area contributed by atoms with Gasteiger partial charge in [-0.15, -0.1) is 0 Å². The van der Waals surface area contributed by atoms with Gasteiger partial charge < -0.3 is 14.6 Å². The molecule has 1 N–H and O–H groups in total. The Morgan fingerprint density at radius 2 is 1.42 bits per heavy atom.